The number of benzene rings is 2. The maximum atomic E-state index is 11.2. The number of nitrogens with zero attached hydrogens (tertiary/aromatic N) is 3. The third-order valence-electron chi connectivity index (χ3n) is 5.12. The predicted molar refractivity (Wildman–Crippen MR) is 137 cm³/mol. The van der Waals surface area contributed by atoms with Gasteiger partial charge in [-0.3, -0.25) is 4.79 Å². The minimum Gasteiger partial charge on any atom is -0.481 e. The predicted octanol–water partition coefficient (Wildman–Crippen LogP) is 6.65. The van der Waals surface area contributed by atoms with Crippen molar-refractivity contribution in [3.8, 4) is 0 Å². The molecule has 4 rings (SSSR count). The van der Waals surface area contributed by atoms with Crippen molar-refractivity contribution in [2.24, 2.45) is 9.98 Å². The summed E-state index contributed by atoms with van der Waals surface area (Å²) in [7, 11) is 0. The number of hydrogen-bond donors (Lipinski definition) is 1. The highest BCUT2D eigenvalue weighted by Gasteiger charge is 2.51. The topological polar surface area (TPSA) is 65.3 Å². The number of thioether (sulfide) groups is 1. The zero-order chi connectivity index (χ0) is 20.4. The van der Waals surface area contributed by atoms with Crippen LogP contribution in [0.1, 0.15) is 25.7 Å². The molecule has 1 saturated carbocycles. The van der Waals surface area contributed by atoms with Gasteiger partial charge in [0.25, 0.3) is 0 Å². The number of amidine groups is 2. The average Bonchev–Trinajstić information content (AvgIpc) is 3.28. The van der Waals surface area contributed by atoms with Gasteiger partial charge in [0, 0.05) is 15.7 Å². The summed E-state index contributed by atoms with van der Waals surface area (Å²) in [5.74, 6) is -0.238. The molecule has 0 atom stereocenters. The van der Waals surface area contributed by atoms with Gasteiger partial charge in [-0.05, 0) is 55.3 Å². The van der Waals surface area contributed by atoms with Crippen LogP contribution in [0.3, 0.4) is 0 Å². The Morgan fingerprint density at radius 3 is 2.47 bits per heavy atom. The molecule has 2 aromatic rings. The molecule has 5 nitrogen and oxygen atoms in total. The number of carbonyl (C=O) groups is 1. The third kappa shape index (κ3) is 4.79. The van der Waals surface area contributed by atoms with Crippen molar-refractivity contribution in [2.45, 2.75) is 31.2 Å². The Morgan fingerprint density at radius 1 is 1.13 bits per heavy atom. The first-order valence-corrected chi connectivity index (χ1v) is 11.1. The van der Waals surface area contributed by atoms with E-state index >= 15 is 0 Å². The number of aliphatic imine (C=N–C) groups is 2. The fourth-order valence-corrected chi connectivity index (χ4v) is 5.03. The molecule has 158 valence electrons. The molecule has 1 spiro atoms. The third-order valence-corrected chi connectivity index (χ3v) is 6.53. The Balaban J connectivity index is 0.00000256. The Bertz CT molecular complexity index is 992. The average molecular weight is 576 g/mol. The van der Waals surface area contributed by atoms with E-state index in [1.54, 1.807) is 0 Å². The summed E-state index contributed by atoms with van der Waals surface area (Å²) >= 11 is 13.4. The molecular formula is C21H20Cl2IN3O2S. The number of carboxylic acid groups (broad SMARTS) is 1. The van der Waals surface area contributed by atoms with Gasteiger partial charge in [-0.25, -0.2) is 9.98 Å². The number of anilines is 1. The van der Waals surface area contributed by atoms with Crippen molar-refractivity contribution in [3.63, 3.8) is 0 Å². The SMILES string of the molecule is I.O=C(O)CSC1=NC(=Nc2cccc(Cl)c2)C2(CCCC2)N1c1ccc(Cl)cc1. The lowest BCUT2D eigenvalue weighted by Crippen LogP contribution is -2.49. The maximum Gasteiger partial charge on any atom is 0.313 e. The second-order valence-electron chi connectivity index (χ2n) is 7.04. The molecule has 0 amide bonds. The largest absolute Gasteiger partial charge is 0.481 e. The first kappa shape index (κ1) is 23.4. The summed E-state index contributed by atoms with van der Waals surface area (Å²) in [6.45, 7) is 0. The molecule has 1 fully saturated rings. The van der Waals surface area contributed by atoms with E-state index in [2.05, 4.69) is 4.90 Å². The van der Waals surface area contributed by atoms with Crippen LogP contribution in [0.5, 0.6) is 0 Å². The van der Waals surface area contributed by atoms with Gasteiger partial charge in [-0.1, -0.05) is 53.9 Å². The molecule has 9 heteroatoms. The fourth-order valence-electron chi connectivity index (χ4n) is 3.90. The summed E-state index contributed by atoms with van der Waals surface area (Å²) in [6.07, 6.45) is 3.92. The van der Waals surface area contributed by atoms with Crippen LogP contribution in [0.4, 0.5) is 11.4 Å². The summed E-state index contributed by atoms with van der Waals surface area (Å²) in [5, 5.41) is 11.1. The summed E-state index contributed by atoms with van der Waals surface area (Å²) in [4.78, 5) is 23.0. The van der Waals surface area contributed by atoms with Gasteiger partial charge in [0.05, 0.1) is 11.4 Å². The van der Waals surface area contributed by atoms with Crippen LogP contribution in [0.15, 0.2) is 58.5 Å². The number of aliphatic carboxylic acids is 1. The van der Waals surface area contributed by atoms with Gasteiger partial charge in [0.1, 0.15) is 5.54 Å². The second-order valence-corrected chi connectivity index (χ2v) is 8.86. The van der Waals surface area contributed by atoms with Crippen LogP contribution in [-0.2, 0) is 4.79 Å². The highest BCUT2D eigenvalue weighted by atomic mass is 127. The van der Waals surface area contributed by atoms with Crippen molar-refractivity contribution >= 4 is 87.3 Å². The van der Waals surface area contributed by atoms with Crippen molar-refractivity contribution < 1.29 is 9.90 Å². The lowest BCUT2D eigenvalue weighted by molar-refractivity contribution is -0.133. The Morgan fingerprint density at radius 2 is 1.83 bits per heavy atom. The fraction of sp³-hybridized carbons (Fsp3) is 0.286. The molecular weight excluding hydrogens is 556 g/mol. The standard InChI is InChI=1S/C21H19Cl2N3O2S.HI/c22-14-6-8-17(9-7-14)26-20(29-13-18(27)28)25-19(21(26)10-1-2-11-21)24-16-5-3-4-15(23)12-16;/h3-9,12H,1-2,10-11,13H2,(H,27,28);1H. The Labute approximate surface area is 206 Å². The van der Waals surface area contributed by atoms with E-state index in [4.69, 9.17) is 33.2 Å². The highest BCUT2D eigenvalue weighted by Crippen LogP contribution is 2.46. The maximum absolute atomic E-state index is 11.2. The first-order chi connectivity index (χ1) is 14.0. The quantitative estimate of drug-likeness (QED) is 0.415. The zero-order valence-corrected chi connectivity index (χ0v) is 20.6. The van der Waals surface area contributed by atoms with E-state index < -0.39 is 11.5 Å². The summed E-state index contributed by atoms with van der Waals surface area (Å²) < 4.78 is 0. The Hall–Kier alpha value is -1.29. The van der Waals surface area contributed by atoms with E-state index in [0.29, 0.717) is 21.0 Å². The van der Waals surface area contributed by atoms with Crippen LogP contribution < -0.4 is 4.90 Å². The summed E-state index contributed by atoms with van der Waals surface area (Å²) in [5.41, 5.74) is 1.28. The molecule has 2 aromatic carbocycles. The van der Waals surface area contributed by atoms with Crippen molar-refractivity contribution in [1.82, 2.24) is 0 Å². The molecule has 0 bridgehead atoms. The number of carboxylic acids is 1. The molecule has 0 saturated heterocycles. The van der Waals surface area contributed by atoms with E-state index in [-0.39, 0.29) is 29.7 Å². The Kier molecular flexibility index (Phi) is 7.71. The normalized spacial score (nSPS) is 18.5. The minimum atomic E-state index is -0.880. The van der Waals surface area contributed by atoms with Gasteiger partial charge >= 0.3 is 5.97 Å². The molecule has 1 heterocycles. The van der Waals surface area contributed by atoms with Crippen LogP contribution in [0, 0.1) is 0 Å². The smallest absolute Gasteiger partial charge is 0.313 e. The number of rotatable bonds is 4. The summed E-state index contributed by atoms with van der Waals surface area (Å²) in [6, 6.07) is 14.9. The molecule has 0 unspecified atom stereocenters. The van der Waals surface area contributed by atoms with Crippen LogP contribution in [0.2, 0.25) is 10.0 Å². The van der Waals surface area contributed by atoms with Gasteiger partial charge in [0.15, 0.2) is 11.0 Å². The van der Waals surface area contributed by atoms with Gasteiger partial charge < -0.3 is 10.0 Å². The first-order valence-electron chi connectivity index (χ1n) is 9.32. The van der Waals surface area contributed by atoms with E-state index in [9.17, 15) is 9.90 Å². The van der Waals surface area contributed by atoms with Gasteiger partial charge in [-0.15, -0.1) is 24.0 Å². The number of hydrogen-bond acceptors (Lipinski definition) is 4. The molecule has 0 aromatic heterocycles. The molecule has 2 aliphatic rings. The van der Waals surface area contributed by atoms with Gasteiger partial charge in [-0.2, -0.15) is 0 Å². The van der Waals surface area contributed by atoms with Gasteiger partial charge in [0.2, 0.25) is 0 Å². The molecule has 30 heavy (non-hydrogen) atoms. The lowest BCUT2D eigenvalue weighted by Gasteiger charge is -2.36. The zero-order valence-electron chi connectivity index (χ0n) is 15.9. The van der Waals surface area contributed by atoms with E-state index in [1.807, 2.05) is 48.5 Å². The van der Waals surface area contributed by atoms with E-state index in [0.717, 1.165) is 37.1 Å². The van der Waals surface area contributed by atoms with Crippen LogP contribution >= 0.6 is 58.9 Å². The molecule has 1 N–H and O–H groups in total. The monoisotopic (exact) mass is 575 g/mol. The molecule has 0 radical (unpaired) electrons. The van der Waals surface area contributed by atoms with Crippen molar-refractivity contribution in [2.75, 3.05) is 10.7 Å². The van der Waals surface area contributed by atoms with Crippen molar-refractivity contribution in [1.29, 1.82) is 0 Å². The van der Waals surface area contributed by atoms with Crippen molar-refractivity contribution in [3.05, 3.63) is 58.6 Å². The van der Waals surface area contributed by atoms with E-state index in [1.165, 1.54) is 11.8 Å². The lowest BCUT2D eigenvalue weighted by atomic mass is 9.94. The number of halogens is 3. The second kappa shape index (κ2) is 9.89. The minimum absolute atomic E-state index is 0. The van der Waals surface area contributed by atoms with Crippen LogP contribution in [-0.4, -0.2) is 33.4 Å². The molecule has 1 aliphatic heterocycles. The van der Waals surface area contributed by atoms with Crippen LogP contribution in [0.25, 0.3) is 0 Å². The molecule has 1 aliphatic carbocycles. The highest BCUT2D eigenvalue weighted by molar-refractivity contribution is 14.0.